The number of ketones is 1. The molecule has 0 radical (unpaired) electrons. The molecule has 0 atom stereocenters. The number of hydrogen-bond donors (Lipinski definition) is 0. The molecule has 0 saturated carbocycles. The van der Waals surface area contributed by atoms with Crippen LogP contribution in [0.25, 0.3) is 22.2 Å². The first-order valence-electron chi connectivity index (χ1n) is 6.10. The predicted octanol–water partition coefficient (Wildman–Crippen LogP) is 3.53. The molecule has 0 amide bonds. The van der Waals surface area contributed by atoms with Crippen LogP contribution in [0.1, 0.15) is 15.9 Å². The van der Waals surface area contributed by atoms with Crippen LogP contribution in [0.15, 0.2) is 42.5 Å². The van der Waals surface area contributed by atoms with E-state index in [0.29, 0.717) is 16.7 Å². The Bertz CT molecular complexity index is 861. The van der Waals surface area contributed by atoms with Crippen LogP contribution < -0.4 is 0 Å². The minimum Gasteiger partial charge on any atom is -0.343 e. The van der Waals surface area contributed by atoms with Gasteiger partial charge in [-0.2, -0.15) is 0 Å². The molecule has 2 nitrogen and oxygen atoms in total. The van der Waals surface area contributed by atoms with Gasteiger partial charge in [0.15, 0.2) is 5.78 Å². The molecule has 4 rings (SSSR count). The summed E-state index contributed by atoms with van der Waals surface area (Å²) in [6.45, 7) is 0. The van der Waals surface area contributed by atoms with E-state index in [2.05, 4.69) is 0 Å². The third-order valence-electron chi connectivity index (χ3n) is 3.82. The predicted molar refractivity (Wildman–Crippen MR) is 71.7 cm³/mol. The Hall–Kier alpha value is -2.42. The van der Waals surface area contributed by atoms with Gasteiger partial charge in [-0.3, -0.25) is 4.79 Å². The van der Waals surface area contributed by atoms with Crippen molar-refractivity contribution in [2.75, 3.05) is 0 Å². The Morgan fingerprint density at radius 3 is 2.68 bits per heavy atom. The smallest absolute Gasteiger partial charge is 0.196 e. The van der Waals surface area contributed by atoms with Gasteiger partial charge in [0.1, 0.15) is 5.82 Å². The first kappa shape index (κ1) is 10.5. The Morgan fingerprint density at radius 2 is 1.84 bits per heavy atom. The third-order valence-corrected chi connectivity index (χ3v) is 3.82. The lowest BCUT2D eigenvalue weighted by molar-refractivity contribution is 0.104. The summed E-state index contributed by atoms with van der Waals surface area (Å²) in [5, 5.41) is 0.932. The molecule has 0 aliphatic heterocycles. The Morgan fingerprint density at radius 1 is 1.05 bits per heavy atom. The topological polar surface area (TPSA) is 22.0 Å². The van der Waals surface area contributed by atoms with E-state index < -0.39 is 0 Å². The Balaban J connectivity index is 2.22. The van der Waals surface area contributed by atoms with Crippen LogP contribution in [0.2, 0.25) is 0 Å². The van der Waals surface area contributed by atoms with Gasteiger partial charge < -0.3 is 4.57 Å². The molecule has 3 heteroatoms. The van der Waals surface area contributed by atoms with Gasteiger partial charge in [-0.1, -0.05) is 18.2 Å². The van der Waals surface area contributed by atoms with Crippen LogP contribution in [0.5, 0.6) is 0 Å². The van der Waals surface area contributed by atoms with Crippen LogP contribution in [-0.4, -0.2) is 10.4 Å². The zero-order valence-corrected chi connectivity index (χ0v) is 10.3. The van der Waals surface area contributed by atoms with Crippen molar-refractivity contribution in [1.82, 2.24) is 4.57 Å². The van der Waals surface area contributed by atoms with Crippen LogP contribution in [0, 0.1) is 5.82 Å². The number of fused-ring (bicyclic) bond motifs is 5. The fourth-order valence-electron chi connectivity index (χ4n) is 2.98. The summed E-state index contributed by atoms with van der Waals surface area (Å²) in [4.78, 5) is 12.5. The van der Waals surface area contributed by atoms with Crippen LogP contribution in [0.3, 0.4) is 0 Å². The van der Waals surface area contributed by atoms with E-state index >= 15 is 0 Å². The quantitative estimate of drug-likeness (QED) is 0.468. The number of carbonyl (C=O) groups is 1. The van der Waals surface area contributed by atoms with Crippen molar-refractivity contribution >= 4 is 16.7 Å². The lowest BCUT2D eigenvalue weighted by Crippen LogP contribution is -1.95. The van der Waals surface area contributed by atoms with Crippen LogP contribution in [-0.2, 0) is 7.05 Å². The Labute approximate surface area is 109 Å². The zero-order valence-electron chi connectivity index (χ0n) is 10.3. The summed E-state index contributed by atoms with van der Waals surface area (Å²) >= 11 is 0. The standard InChI is InChI=1S/C16H10FNO/c1-18-13-5-3-2-4-11(13)14-15(18)12-8-9(17)6-7-10(12)16(14)19/h2-8H,1H3. The molecule has 0 unspecified atom stereocenters. The molecule has 1 heterocycles. The first-order chi connectivity index (χ1) is 9.18. The summed E-state index contributed by atoms with van der Waals surface area (Å²) in [6, 6.07) is 12.1. The van der Waals surface area contributed by atoms with Gasteiger partial charge in [0.2, 0.25) is 0 Å². The molecule has 0 saturated heterocycles. The third kappa shape index (κ3) is 1.17. The van der Waals surface area contributed by atoms with Crippen molar-refractivity contribution in [3.05, 3.63) is 59.4 Å². The molecule has 0 N–H and O–H groups in total. The summed E-state index contributed by atoms with van der Waals surface area (Å²) in [5.74, 6) is -0.327. The summed E-state index contributed by atoms with van der Waals surface area (Å²) < 4.78 is 15.4. The number of para-hydroxylation sites is 1. The number of aromatic nitrogens is 1. The van der Waals surface area contributed by atoms with E-state index in [1.165, 1.54) is 12.1 Å². The van der Waals surface area contributed by atoms with E-state index in [4.69, 9.17) is 0 Å². The van der Waals surface area contributed by atoms with Crippen LogP contribution in [0.4, 0.5) is 4.39 Å². The molecular formula is C16H10FNO. The summed E-state index contributed by atoms with van der Waals surface area (Å²) in [5.41, 5.74) is 3.79. The van der Waals surface area contributed by atoms with Gasteiger partial charge in [-0.15, -0.1) is 0 Å². The highest BCUT2D eigenvalue weighted by Crippen LogP contribution is 2.42. The summed E-state index contributed by atoms with van der Waals surface area (Å²) in [6.07, 6.45) is 0. The number of aryl methyl sites for hydroxylation is 1. The average Bonchev–Trinajstić information content (AvgIpc) is 2.86. The van der Waals surface area contributed by atoms with Gasteiger partial charge in [0, 0.05) is 29.1 Å². The van der Waals surface area contributed by atoms with Gasteiger partial charge in [0.25, 0.3) is 0 Å². The number of carbonyl (C=O) groups excluding carboxylic acids is 1. The molecule has 1 aliphatic carbocycles. The minimum absolute atomic E-state index is 0.0122. The minimum atomic E-state index is -0.315. The molecule has 0 spiro atoms. The number of rotatable bonds is 0. The van der Waals surface area contributed by atoms with Crippen molar-refractivity contribution in [1.29, 1.82) is 0 Å². The molecule has 0 bridgehead atoms. The maximum absolute atomic E-state index is 13.4. The number of nitrogens with zero attached hydrogens (tertiary/aromatic N) is 1. The fourth-order valence-corrected chi connectivity index (χ4v) is 2.98. The molecule has 2 aromatic carbocycles. The van der Waals surface area contributed by atoms with Crippen molar-refractivity contribution in [2.24, 2.45) is 7.05 Å². The number of hydrogen-bond acceptors (Lipinski definition) is 1. The highest BCUT2D eigenvalue weighted by molar-refractivity contribution is 6.27. The molecule has 92 valence electrons. The Kier molecular flexibility index (Phi) is 1.83. The monoisotopic (exact) mass is 251 g/mol. The zero-order chi connectivity index (χ0) is 13.1. The maximum atomic E-state index is 13.4. The van der Waals surface area contributed by atoms with E-state index in [0.717, 1.165) is 16.6 Å². The second kappa shape index (κ2) is 3.32. The van der Waals surface area contributed by atoms with Gasteiger partial charge in [0.05, 0.1) is 11.3 Å². The van der Waals surface area contributed by atoms with E-state index in [1.807, 2.05) is 35.9 Å². The second-order valence-corrected chi connectivity index (χ2v) is 4.82. The molecule has 1 aromatic heterocycles. The molecule has 19 heavy (non-hydrogen) atoms. The SMILES string of the molecule is Cn1c2c(c3ccccc31)C(=O)c1ccc(F)cc1-2. The van der Waals surface area contributed by atoms with Crippen molar-refractivity contribution in [3.63, 3.8) is 0 Å². The van der Waals surface area contributed by atoms with Crippen molar-refractivity contribution in [3.8, 4) is 11.3 Å². The van der Waals surface area contributed by atoms with Crippen LogP contribution >= 0.6 is 0 Å². The number of benzene rings is 2. The van der Waals surface area contributed by atoms with E-state index in [9.17, 15) is 9.18 Å². The molecular weight excluding hydrogens is 241 g/mol. The van der Waals surface area contributed by atoms with Crippen molar-refractivity contribution < 1.29 is 9.18 Å². The van der Waals surface area contributed by atoms with Gasteiger partial charge >= 0.3 is 0 Å². The normalized spacial score (nSPS) is 12.8. The lowest BCUT2D eigenvalue weighted by atomic mass is 10.1. The lowest BCUT2D eigenvalue weighted by Gasteiger charge is -2.04. The maximum Gasteiger partial charge on any atom is 0.196 e. The number of halogens is 1. The highest BCUT2D eigenvalue weighted by atomic mass is 19.1. The molecule has 3 aromatic rings. The second-order valence-electron chi connectivity index (χ2n) is 4.82. The largest absolute Gasteiger partial charge is 0.343 e. The highest BCUT2D eigenvalue weighted by Gasteiger charge is 2.32. The average molecular weight is 251 g/mol. The van der Waals surface area contributed by atoms with Crippen molar-refractivity contribution in [2.45, 2.75) is 0 Å². The molecule has 1 aliphatic rings. The summed E-state index contributed by atoms with van der Waals surface area (Å²) in [7, 11) is 1.91. The van der Waals surface area contributed by atoms with E-state index in [-0.39, 0.29) is 11.6 Å². The molecule has 0 fully saturated rings. The first-order valence-corrected chi connectivity index (χ1v) is 6.10. The van der Waals surface area contributed by atoms with Gasteiger partial charge in [-0.05, 0) is 24.3 Å². The van der Waals surface area contributed by atoms with Gasteiger partial charge in [-0.25, -0.2) is 4.39 Å². The van der Waals surface area contributed by atoms with E-state index in [1.54, 1.807) is 6.07 Å². The fraction of sp³-hybridized carbons (Fsp3) is 0.0625.